The van der Waals surface area contributed by atoms with Gasteiger partial charge in [-0.15, -0.1) is 0 Å². The summed E-state index contributed by atoms with van der Waals surface area (Å²) in [6, 6.07) is 12.6. The van der Waals surface area contributed by atoms with Crippen LogP contribution in [0.5, 0.6) is 0 Å². The summed E-state index contributed by atoms with van der Waals surface area (Å²) >= 11 is 0. The molecule has 2 aromatic rings. The second-order valence-corrected chi connectivity index (χ2v) is 8.90. The number of hydrogen-bond donors (Lipinski definition) is 0. The highest BCUT2D eigenvalue weighted by atomic mass is 32.2. The molecule has 1 heterocycles. The van der Waals surface area contributed by atoms with E-state index in [-0.39, 0.29) is 4.90 Å². The van der Waals surface area contributed by atoms with Crippen molar-refractivity contribution in [2.45, 2.75) is 44.2 Å². The van der Waals surface area contributed by atoms with Gasteiger partial charge in [-0.05, 0) is 51.5 Å². The lowest BCUT2D eigenvalue weighted by Gasteiger charge is -2.28. The van der Waals surface area contributed by atoms with E-state index in [1.807, 2.05) is 13.0 Å². The van der Waals surface area contributed by atoms with Crippen molar-refractivity contribution in [3.8, 4) is 0 Å². The number of benzene rings is 2. The number of carbonyl (C=O) groups is 1. The van der Waals surface area contributed by atoms with E-state index in [0.717, 1.165) is 5.56 Å². The smallest absolute Gasteiger partial charge is 0.335 e. The Kier molecular flexibility index (Phi) is 4.11. The monoisotopic (exact) mass is 359 g/mol. The number of esters is 1. The minimum Gasteiger partial charge on any atom is -0.458 e. The van der Waals surface area contributed by atoms with Gasteiger partial charge >= 0.3 is 5.97 Å². The third-order valence-corrected chi connectivity index (χ3v) is 5.74. The van der Waals surface area contributed by atoms with E-state index in [4.69, 9.17) is 4.74 Å². The van der Waals surface area contributed by atoms with Crippen molar-refractivity contribution in [3.05, 3.63) is 59.7 Å². The highest BCUT2D eigenvalue weighted by Gasteiger charge is 2.48. The lowest BCUT2D eigenvalue weighted by Crippen LogP contribution is -2.37. The number of fused-ring (bicyclic) bond motifs is 1. The molecule has 1 atom stereocenters. The minimum atomic E-state index is -3.83. The molecule has 1 aliphatic heterocycles. The summed E-state index contributed by atoms with van der Waals surface area (Å²) in [6.45, 7) is 7.16. The largest absolute Gasteiger partial charge is 0.458 e. The number of carbonyl (C=O) groups excluding carboxylic acids is 1. The molecule has 0 spiro atoms. The number of sulfonamides is 1. The van der Waals surface area contributed by atoms with Gasteiger partial charge in [-0.2, -0.15) is 0 Å². The van der Waals surface area contributed by atoms with E-state index < -0.39 is 27.6 Å². The summed E-state index contributed by atoms with van der Waals surface area (Å²) in [5.41, 5.74) is 1.09. The summed E-state index contributed by atoms with van der Waals surface area (Å²) in [5.74, 6) is -0.581. The number of anilines is 1. The van der Waals surface area contributed by atoms with Crippen molar-refractivity contribution < 1.29 is 17.9 Å². The molecule has 0 bridgehead atoms. The molecule has 132 valence electrons. The molecule has 0 aromatic heterocycles. The Morgan fingerprint density at radius 2 is 1.76 bits per heavy atom. The van der Waals surface area contributed by atoms with Crippen LogP contribution in [0.25, 0.3) is 0 Å². The first-order chi connectivity index (χ1) is 11.6. The van der Waals surface area contributed by atoms with Crippen molar-refractivity contribution in [3.63, 3.8) is 0 Å². The van der Waals surface area contributed by atoms with Crippen molar-refractivity contribution in [2.75, 3.05) is 4.31 Å². The maximum Gasteiger partial charge on any atom is 0.335 e. The minimum absolute atomic E-state index is 0.146. The molecule has 0 amide bonds. The van der Waals surface area contributed by atoms with Crippen LogP contribution in [-0.2, 0) is 19.6 Å². The summed E-state index contributed by atoms with van der Waals surface area (Å²) < 4.78 is 32.9. The van der Waals surface area contributed by atoms with Gasteiger partial charge in [0.25, 0.3) is 10.0 Å². The Hall–Kier alpha value is -2.34. The highest BCUT2D eigenvalue weighted by molar-refractivity contribution is 7.93. The summed E-state index contributed by atoms with van der Waals surface area (Å²) in [7, 11) is -3.83. The SMILES string of the molecule is Cc1cccc(N2C(C(=O)OC(C)(C)C)c3ccccc3S2(=O)=O)c1. The van der Waals surface area contributed by atoms with Crippen molar-refractivity contribution in [1.29, 1.82) is 0 Å². The van der Waals surface area contributed by atoms with Crippen LogP contribution in [0.2, 0.25) is 0 Å². The molecular weight excluding hydrogens is 338 g/mol. The first kappa shape index (κ1) is 17.5. The van der Waals surface area contributed by atoms with Crippen LogP contribution in [-0.4, -0.2) is 20.0 Å². The summed E-state index contributed by atoms with van der Waals surface area (Å²) in [4.78, 5) is 13.0. The van der Waals surface area contributed by atoms with E-state index in [0.29, 0.717) is 11.3 Å². The summed E-state index contributed by atoms with van der Waals surface area (Å²) in [6.07, 6.45) is 0. The molecule has 0 N–H and O–H groups in total. The van der Waals surface area contributed by atoms with E-state index in [2.05, 4.69) is 0 Å². The fourth-order valence-electron chi connectivity index (χ4n) is 2.95. The van der Waals surface area contributed by atoms with Gasteiger partial charge < -0.3 is 4.74 Å². The standard InChI is InChI=1S/C19H21NO4S/c1-13-8-7-9-14(12-13)20-17(18(21)24-19(2,3)4)15-10-5-6-11-16(15)25(20,22)23/h5-12,17H,1-4H3. The van der Waals surface area contributed by atoms with Gasteiger partial charge in [0.2, 0.25) is 0 Å². The van der Waals surface area contributed by atoms with Crippen LogP contribution in [0, 0.1) is 6.92 Å². The third kappa shape index (κ3) is 3.14. The average Bonchev–Trinajstić information content (AvgIpc) is 2.74. The number of hydrogen-bond acceptors (Lipinski definition) is 4. The first-order valence-electron chi connectivity index (χ1n) is 8.04. The molecule has 1 aliphatic rings. The Bertz CT molecular complexity index is 928. The van der Waals surface area contributed by atoms with Crippen LogP contribution in [0.15, 0.2) is 53.4 Å². The lowest BCUT2D eigenvalue weighted by molar-refractivity contribution is -0.156. The Balaban J connectivity index is 2.19. The van der Waals surface area contributed by atoms with Crippen LogP contribution in [0.3, 0.4) is 0 Å². The molecule has 1 unspecified atom stereocenters. The topological polar surface area (TPSA) is 63.7 Å². The zero-order valence-corrected chi connectivity index (χ0v) is 15.5. The van der Waals surface area contributed by atoms with E-state index >= 15 is 0 Å². The molecule has 3 rings (SSSR count). The van der Waals surface area contributed by atoms with Gasteiger partial charge in [0.05, 0.1) is 10.6 Å². The number of ether oxygens (including phenoxy) is 1. The second kappa shape index (κ2) is 5.88. The summed E-state index contributed by atoms with van der Waals surface area (Å²) in [5, 5.41) is 0. The first-order valence-corrected chi connectivity index (χ1v) is 9.48. The van der Waals surface area contributed by atoms with Gasteiger partial charge in [0.15, 0.2) is 6.04 Å². The molecule has 0 fully saturated rings. The van der Waals surface area contributed by atoms with Crippen LogP contribution in [0.4, 0.5) is 5.69 Å². The van der Waals surface area contributed by atoms with Crippen LogP contribution in [0.1, 0.15) is 37.9 Å². The average molecular weight is 359 g/mol. The van der Waals surface area contributed by atoms with Crippen molar-refractivity contribution in [1.82, 2.24) is 0 Å². The van der Waals surface area contributed by atoms with E-state index in [1.165, 1.54) is 10.4 Å². The highest BCUT2D eigenvalue weighted by Crippen LogP contribution is 2.43. The van der Waals surface area contributed by atoms with Gasteiger partial charge in [-0.1, -0.05) is 30.3 Å². The normalized spacial score (nSPS) is 18.7. The molecule has 25 heavy (non-hydrogen) atoms. The second-order valence-electron chi connectivity index (χ2n) is 7.11. The Morgan fingerprint density at radius 3 is 2.40 bits per heavy atom. The van der Waals surface area contributed by atoms with E-state index in [9.17, 15) is 13.2 Å². The zero-order chi connectivity index (χ0) is 18.4. The molecule has 0 radical (unpaired) electrons. The third-order valence-electron chi connectivity index (χ3n) is 3.87. The van der Waals surface area contributed by atoms with Crippen molar-refractivity contribution in [2.24, 2.45) is 0 Å². The van der Waals surface area contributed by atoms with Gasteiger partial charge in [-0.25, -0.2) is 17.5 Å². The zero-order valence-electron chi connectivity index (χ0n) is 14.7. The maximum atomic E-state index is 13.1. The fourth-order valence-corrected chi connectivity index (χ4v) is 4.75. The molecule has 0 aliphatic carbocycles. The predicted octanol–water partition coefficient (Wildman–Crippen LogP) is 3.59. The number of aryl methyl sites for hydroxylation is 1. The lowest BCUT2D eigenvalue weighted by atomic mass is 10.1. The quantitative estimate of drug-likeness (QED) is 0.769. The molecule has 5 nitrogen and oxygen atoms in total. The van der Waals surface area contributed by atoms with Gasteiger partial charge in [-0.3, -0.25) is 0 Å². The van der Waals surface area contributed by atoms with Gasteiger partial charge in [0.1, 0.15) is 5.60 Å². The number of nitrogens with zero attached hydrogens (tertiary/aromatic N) is 1. The molecular formula is C19H21NO4S. The molecule has 2 aromatic carbocycles. The molecule has 0 saturated heterocycles. The Morgan fingerprint density at radius 1 is 1.08 bits per heavy atom. The maximum absolute atomic E-state index is 13.1. The van der Waals surface area contributed by atoms with Crippen molar-refractivity contribution >= 4 is 21.7 Å². The fraction of sp³-hybridized carbons (Fsp3) is 0.316. The predicted molar refractivity (Wildman–Crippen MR) is 95.9 cm³/mol. The van der Waals surface area contributed by atoms with Gasteiger partial charge in [0, 0.05) is 5.56 Å². The van der Waals surface area contributed by atoms with Crippen LogP contribution >= 0.6 is 0 Å². The van der Waals surface area contributed by atoms with Crippen LogP contribution < -0.4 is 4.31 Å². The molecule has 0 saturated carbocycles. The number of rotatable bonds is 2. The Labute approximate surface area is 148 Å². The molecule has 6 heteroatoms. The van der Waals surface area contributed by atoms with E-state index in [1.54, 1.807) is 57.2 Å².